The highest BCUT2D eigenvalue weighted by atomic mass is 16.4. The van der Waals surface area contributed by atoms with Gasteiger partial charge in [0.15, 0.2) is 0 Å². The maximum Gasteiger partial charge on any atom is 0.306 e. The highest BCUT2D eigenvalue weighted by Crippen LogP contribution is 2.40. The van der Waals surface area contributed by atoms with Crippen molar-refractivity contribution in [3.63, 3.8) is 0 Å². The average molecular weight is 236 g/mol. The molecule has 0 aliphatic heterocycles. The van der Waals surface area contributed by atoms with E-state index in [1.165, 1.54) is 6.07 Å². The molecule has 0 saturated heterocycles. The normalized spacial score (nSPS) is 24.5. The molecule has 1 aliphatic rings. The van der Waals surface area contributed by atoms with E-state index in [9.17, 15) is 15.0 Å². The molecule has 0 bridgehead atoms. The second kappa shape index (κ2) is 4.65. The van der Waals surface area contributed by atoms with Gasteiger partial charge >= 0.3 is 5.97 Å². The molecule has 0 amide bonds. The van der Waals surface area contributed by atoms with E-state index < -0.39 is 5.97 Å². The number of aliphatic carboxylic acids is 1. The lowest BCUT2D eigenvalue weighted by molar-refractivity contribution is -0.142. The smallest absolute Gasteiger partial charge is 0.306 e. The van der Waals surface area contributed by atoms with Crippen LogP contribution in [0.5, 0.6) is 11.5 Å². The van der Waals surface area contributed by atoms with Gasteiger partial charge in [-0.15, -0.1) is 0 Å². The SMILES string of the molecule is O=C(O)C1CCC(c2ccc(O)cc2O)CC1. The Morgan fingerprint density at radius 1 is 1.12 bits per heavy atom. The molecule has 3 N–H and O–H groups in total. The van der Waals surface area contributed by atoms with Crippen LogP contribution in [-0.2, 0) is 4.79 Å². The van der Waals surface area contributed by atoms with Gasteiger partial charge in [0, 0.05) is 6.07 Å². The highest BCUT2D eigenvalue weighted by Gasteiger charge is 2.27. The number of hydrogen-bond acceptors (Lipinski definition) is 3. The summed E-state index contributed by atoms with van der Waals surface area (Å²) in [5.41, 5.74) is 0.812. The van der Waals surface area contributed by atoms with Crippen LogP contribution in [0.4, 0.5) is 0 Å². The standard InChI is InChI=1S/C13H16O4/c14-10-5-6-11(12(15)7-10)8-1-3-9(4-2-8)13(16)17/h5-9,14-15H,1-4H2,(H,16,17). The number of hydrogen-bond donors (Lipinski definition) is 3. The van der Waals surface area contributed by atoms with Gasteiger partial charge in [-0.1, -0.05) is 6.07 Å². The Bertz CT molecular complexity index is 419. The van der Waals surface area contributed by atoms with Gasteiger partial charge in [0.1, 0.15) is 11.5 Å². The number of carboxylic acids is 1. The summed E-state index contributed by atoms with van der Waals surface area (Å²) in [7, 11) is 0. The molecule has 92 valence electrons. The molecular formula is C13H16O4. The third kappa shape index (κ3) is 2.52. The van der Waals surface area contributed by atoms with Crippen molar-refractivity contribution in [1.82, 2.24) is 0 Å². The Morgan fingerprint density at radius 3 is 2.29 bits per heavy atom. The molecule has 1 fully saturated rings. The first-order valence-corrected chi connectivity index (χ1v) is 5.82. The van der Waals surface area contributed by atoms with Crippen molar-refractivity contribution in [3.05, 3.63) is 23.8 Å². The van der Waals surface area contributed by atoms with Crippen LogP contribution in [0.3, 0.4) is 0 Å². The van der Waals surface area contributed by atoms with E-state index in [0.717, 1.165) is 18.4 Å². The van der Waals surface area contributed by atoms with Crippen molar-refractivity contribution >= 4 is 5.97 Å². The van der Waals surface area contributed by atoms with Crippen molar-refractivity contribution in [2.24, 2.45) is 5.92 Å². The number of phenols is 2. The van der Waals surface area contributed by atoms with Crippen LogP contribution < -0.4 is 0 Å². The first-order chi connectivity index (χ1) is 8.08. The number of aromatic hydroxyl groups is 2. The number of benzene rings is 1. The van der Waals surface area contributed by atoms with E-state index in [4.69, 9.17) is 5.11 Å². The molecule has 1 aromatic rings. The third-order valence-corrected chi connectivity index (χ3v) is 3.53. The predicted octanol–water partition coefficient (Wildman–Crippen LogP) is 2.46. The maximum atomic E-state index is 10.8. The minimum atomic E-state index is -0.724. The Balaban J connectivity index is 2.08. The Morgan fingerprint density at radius 2 is 1.76 bits per heavy atom. The van der Waals surface area contributed by atoms with Crippen molar-refractivity contribution in [1.29, 1.82) is 0 Å². The Labute approximate surface area is 99.5 Å². The minimum absolute atomic E-state index is 0.0467. The third-order valence-electron chi connectivity index (χ3n) is 3.53. The summed E-state index contributed by atoms with van der Waals surface area (Å²) in [6.07, 6.45) is 2.85. The first-order valence-electron chi connectivity index (χ1n) is 5.82. The molecular weight excluding hydrogens is 220 g/mol. The van der Waals surface area contributed by atoms with Crippen LogP contribution >= 0.6 is 0 Å². The second-order valence-electron chi connectivity index (χ2n) is 4.63. The second-order valence-corrected chi connectivity index (χ2v) is 4.63. The van der Waals surface area contributed by atoms with Crippen LogP contribution in [0.15, 0.2) is 18.2 Å². The van der Waals surface area contributed by atoms with Gasteiger partial charge in [-0.3, -0.25) is 4.79 Å². The zero-order valence-electron chi connectivity index (χ0n) is 9.47. The van der Waals surface area contributed by atoms with E-state index in [1.807, 2.05) is 0 Å². The molecule has 0 atom stereocenters. The van der Waals surface area contributed by atoms with Gasteiger partial charge in [-0.25, -0.2) is 0 Å². The van der Waals surface area contributed by atoms with Crippen molar-refractivity contribution < 1.29 is 20.1 Å². The summed E-state index contributed by atoms with van der Waals surface area (Å²) in [5, 5.41) is 27.9. The topological polar surface area (TPSA) is 77.8 Å². The summed E-state index contributed by atoms with van der Waals surface area (Å²) in [6, 6.07) is 4.60. The molecule has 17 heavy (non-hydrogen) atoms. The number of carboxylic acid groups (broad SMARTS) is 1. The summed E-state index contributed by atoms with van der Waals surface area (Å²) < 4.78 is 0. The summed E-state index contributed by atoms with van der Waals surface area (Å²) in [4.78, 5) is 10.8. The largest absolute Gasteiger partial charge is 0.508 e. The van der Waals surface area contributed by atoms with Crippen LogP contribution in [-0.4, -0.2) is 21.3 Å². The van der Waals surface area contributed by atoms with Gasteiger partial charge in [0.2, 0.25) is 0 Å². The van der Waals surface area contributed by atoms with Gasteiger partial charge in [0.05, 0.1) is 5.92 Å². The van der Waals surface area contributed by atoms with Crippen LogP contribution in [0, 0.1) is 5.92 Å². The van der Waals surface area contributed by atoms with Crippen LogP contribution in [0.25, 0.3) is 0 Å². The van der Waals surface area contributed by atoms with Crippen molar-refractivity contribution in [2.45, 2.75) is 31.6 Å². The first kappa shape index (κ1) is 11.8. The van der Waals surface area contributed by atoms with E-state index in [0.29, 0.717) is 12.8 Å². The molecule has 0 aromatic heterocycles. The summed E-state index contributed by atoms with van der Waals surface area (Å²) in [6.45, 7) is 0. The number of rotatable bonds is 2. The molecule has 2 rings (SSSR count). The fourth-order valence-corrected chi connectivity index (χ4v) is 2.53. The molecule has 1 aromatic carbocycles. The summed E-state index contributed by atoms with van der Waals surface area (Å²) in [5.74, 6) is -0.621. The average Bonchev–Trinajstić information content (AvgIpc) is 2.29. The van der Waals surface area contributed by atoms with Crippen molar-refractivity contribution in [2.75, 3.05) is 0 Å². The van der Waals surface area contributed by atoms with E-state index in [-0.39, 0.29) is 23.3 Å². The lowest BCUT2D eigenvalue weighted by Crippen LogP contribution is -2.20. The predicted molar refractivity (Wildman–Crippen MR) is 62.1 cm³/mol. The van der Waals surface area contributed by atoms with Gasteiger partial charge in [-0.2, -0.15) is 0 Å². The Kier molecular flexibility index (Phi) is 3.22. The van der Waals surface area contributed by atoms with Gasteiger partial charge in [0.25, 0.3) is 0 Å². The molecule has 4 nitrogen and oxygen atoms in total. The van der Waals surface area contributed by atoms with Gasteiger partial charge in [-0.05, 0) is 43.2 Å². The molecule has 0 heterocycles. The van der Waals surface area contributed by atoms with E-state index in [2.05, 4.69) is 0 Å². The molecule has 1 saturated carbocycles. The molecule has 1 aliphatic carbocycles. The van der Waals surface area contributed by atoms with E-state index in [1.54, 1.807) is 12.1 Å². The molecule has 0 radical (unpaired) electrons. The zero-order chi connectivity index (χ0) is 12.4. The number of carbonyl (C=O) groups is 1. The Hall–Kier alpha value is -1.71. The quantitative estimate of drug-likeness (QED) is 0.737. The fourth-order valence-electron chi connectivity index (χ4n) is 2.53. The minimum Gasteiger partial charge on any atom is -0.508 e. The monoisotopic (exact) mass is 236 g/mol. The number of phenolic OH excluding ortho intramolecular Hbond substituents is 2. The zero-order valence-corrected chi connectivity index (χ0v) is 9.47. The van der Waals surface area contributed by atoms with E-state index >= 15 is 0 Å². The highest BCUT2D eigenvalue weighted by molar-refractivity contribution is 5.70. The summed E-state index contributed by atoms with van der Waals surface area (Å²) >= 11 is 0. The lowest BCUT2D eigenvalue weighted by atomic mass is 9.78. The van der Waals surface area contributed by atoms with Gasteiger partial charge < -0.3 is 15.3 Å². The fraction of sp³-hybridized carbons (Fsp3) is 0.462. The lowest BCUT2D eigenvalue weighted by Gasteiger charge is -2.26. The maximum absolute atomic E-state index is 10.8. The van der Waals surface area contributed by atoms with Crippen molar-refractivity contribution in [3.8, 4) is 11.5 Å². The molecule has 0 spiro atoms. The molecule has 0 unspecified atom stereocenters. The van der Waals surface area contributed by atoms with Crippen LogP contribution in [0.2, 0.25) is 0 Å². The molecule has 4 heteroatoms. The van der Waals surface area contributed by atoms with Crippen LogP contribution in [0.1, 0.15) is 37.2 Å².